The van der Waals surface area contributed by atoms with Gasteiger partial charge in [-0.25, -0.2) is 13.4 Å². The van der Waals surface area contributed by atoms with Crippen molar-refractivity contribution in [3.8, 4) is 0 Å². The van der Waals surface area contributed by atoms with E-state index in [-0.39, 0.29) is 11.8 Å². The first kappa shape index (κ1) is 20.8. The second-order valence-electron chi connectivity index (χ2n) is 7.30. The number of piperidine rings is 1. The molecule has 1 aromatic heterocycles. The second kappa shape index (κ2) is 8.59. The minimum atomic E-state index is -3.37. The van der Waals surface area contributed by atoms with Gasteiger partial charge in [0.1, 0.15) is 0 Å². The summed E-state index contributed by atoms with van der Waals surface area (Å²) in [7, 11) is -3.37. The fraction of sp³-hybridized carbons (Fsp3) is 0.474. The normalized spacial score (nSPS) is 16.1. The Morgan fingerprint density at radius 1 is 1.29 bits per heavy atom. The van der Waals surface area contributed by atoms with Crippen LogP contribution in [0.2, 0.25) is 0 Å². The highest BCUT2D eigenvalue weighted by Gasteiger charge is 2.25. The van der Waals surface area contributed by atoms with Crippen molar-refractivity contribution in [2.45, 2.75) is 33.2 Å². The van der Waals surface area contributed by atoms with Gasteiger partial charge in [0, 0.05) is 23.5 Å². The Bertz CT molecular complexity index is 948. The van der Waals surface area contributed by atoms with Crippen molar-refractivity contribution in [1.29, 1.82) is 0 Å². The van der Waals surface area contributed by atoms with Gasteiger partial charge in [0.15, 0.2) is 0 Å². The second-order valence-corrected chi connectivity index (χ2v) is 10.1. The fourth-order valence-electron chi connectivity index (χ4n) is 3.32. The lowest BCUT2D eigenvalue weighted by Crippen LogP contribution is -2.37. The molecule has 0 bridgehead atoms. The third kappa shape index (κ3) is 5.76. The van der Waals surface area contributed by atoms with E-state index in [1.807, 2.05) is 13.8 Å². The van der Waals surface area contributed by atoms with Crippen LogP contribution in [0.5, 0.6) is 0 Å². The summed E-state index contributed by atoms with van der Waals surface area (Å²) in [6.07, 6.45) is 2.71. The number of carbonyl (C=O) groups is 1. The van der Waals surface area contributed by atoms with Crippen LogP contribution in [0, 0.1) is 19.8 Å². The summed E-state index contributed by atoms with van der Waals surface area (Å²) in [5, 5.41) is 6.10. The van der Waals surface area contributed by atoms with Gasteiger partial charge in [-0.2, -0.15) is 0 Å². The van der Waals surface area contributed by atoms with E-state index < -0.39 is 10.0 Å². The number of anilines is 2. The van der Waals surface area contributed by atoms with Crippen molar-refractivity contribution in [2.24, 2.45) is 5.92 Å². The van der Waals surface area contributed by atoms with Crippen LogP contribution in [0.4, 0.5) is 11.4 Å². The number of likely N-dealkylation sites (tertiary alicyclic amines) is 1. The predicted octanol–water partition coefficient (Wildman–Crippen LogP) is 2.98. The number of hydrogen-bond acceptors (Lipinski definition) is 6. The predicted molar refractivity (Wildman–Crippen MR) is 113 cm³/mol. The smallest absolute Gasteiger partial charge is 0.229 e. The van der Waals surface area contributed by atoms with Gasteiger partial charge < -0.3 is 5.32 Å². The molecule has 1 fully saturated rings. The number of thiazole rings is 1. The molecule has 7 nitrogen and oxygen atoms in total. The first-order chi connectivity index (χ1) is 13.2. The van der Waals surface area contributed by atoms with Gasteiger partial charge in [0.05, 0.1) is 22.6 Å². The Morgan fingerprint density at radius 2 is 2.00 bits per heavy atom. The average Bonchev–Trinajstić information content (AvgIpc) is 3.02. The number of amides is 1. The van der Waals surface area contributed by atoms with E-state index in [1.54, 1.807) is 29.5 Å². The number of aromatic nitrogens is 1. The van der Waals surface area contributed by atoms with Crippen LogP contribution in [-0.2, 0) is 21.4 Å². The van der Waals surface area contributed by atoms with Gasteiger partial charge >= 0.3 is 0 Å². The van der Waals surface area contributed by atoms with E-state index in [2.05, 4.69) is 25.3 Å². The quantitative estimate of drug-likeness (QED) is 0.747. The number of nitrogens with zero attached hydrogens (tertiary/aromatic N) is 2. The summed E-state index contributed by atoms with van der Waals surface area (Å²) < 4.78 is 25.5. The largest absolute Gasteiger partial charge is 0.326 e. The van der Waals surface area contributed by atoms with Gasteiger partial charge in [0.25, 0.3) is 0 Å². The molecule has 28 heavy (non-hydrogen) atoms. The number of sulfonamides is 1. The van der Waals surface area contributed by atoms with Crippen LogP contribution in [0.25, 0.3) is 0 Å². The maximum absolute atomic E-state index is 12.6. The first-order valence-electron chi connectivity index (χ1n) is 9.22. The highest BCUT2D eigenvalue weighted by molar-refractivity contribution is 7.92. The zero-order chi connectivity index (χ0) is 20.3. The number of aryl methyl sites for hydroxylation is 2. The lowest BCUT2D eigenvalue weighted by atomic mass is 9.95. The Kier molecular flexibility index (Phi) is 6.36. The van der Waals surface area contributed by atoms with Crippen LogP contribution in [0.15, 0.2) is 23.6 Å². The topological polar surface area (TPSA) is 91.4 Å². The molecule has 152 valence electrons. The van der Waals surface area contributed by atoms with Gasteiger partial charge in [-0.15, -0.1) is 11.3 Å². The zero-order valence-electron chi connectivity index (χ0n) is 16.4. The summed E-state index contributed by atoms with van der Waals surface area (Å²) >= 11 is 1.66. The molecule has 1 aromatic carbocycles. The molecule has 2 N–H and O–H groups in total. The standard InChI is InChI=1S/C19H26N4O3S2/c1-13-4-5-16(10-18(13)22-28(3,25)26)21-19(24)15-6-8-23(9-7-15)11-17-12-27-14(2)20-17/h4-5,10,12,15,22H,6-9,11H2,1-3H3,(H,21,24). The maximum atomic E-state index is 12.6. The Labute approximate surface area is 170 Å². The Morgan fingerprint density at radius 3 is 2.61 bits per heavy atom. The summed E-state index contributed by atoms with van der Waals surface area (Å²) in [6.45, 7) is 6.38. The first-order valence-corrected chi connectivity index (χ1v) is 12.0. The number of carbonyl (C=O) groups excluding carboxylic acids is 1. The minimum Gasteiger partial charge on any atom is -0.326 e. The molecule has 0 aliphatic carbocycles. The van der Waals surface area contributed by atoms with E-state index >= 15 is 0 Å². The molecule has 1 aliphatic heterocycles. The van der Waals surface area contributed by atoms with E-state index in [0.717, 1.165) is 55.0 Å². The van der Waals surface area contributed by atoms with Crippen LogP contribution >= 0.6 is 11.3 Å². The third-order valence-corrected chi connectivity index (χ3v) is 6.22. The van der Waals surface area contributed by atoms with Crippen molar-refractivity contribution in [3.05, 3.63) is 39.8 Å². The molecule has 0 unspecified atom stereocenters. The molecule has 1 saturated heterocycles. The lowest BCUT2D eigenvalue weighted by Gasteiger charge is -2.30. The number of benzene rings is 1. The summed E-state index contributed by atoms with van der Waals surface area (Å²) in [4.78, 5) is 19.5. The van der Waals surface area contributed by atoms with Crippen molar-refractivity contribution in [1.82, 2.24) is 9.88 Å². The summed E-state index contributed by atoms with van der Waals surface area (Å²) in [5.74, 6) is -0.0562. The molecule has 9 heteroatoms. The Balaban J connectivity index is 1.55. The molecule has 2 heterocycles. The van der Waals surface area contributed by atoms with Gasteiger partial charge in [-0.3, -0.25) is 14.4 Å². The van der Waals surface area contributed by atoms with E-state index in [0.29, 0.717) is 11.4 Å². The van der Waals surface area contributed by atoms with Crippen LogP contribution in [-0.4, -0.2) is 43.6 Å². The SMILES string of the molecule is Cc1nc(CN2CCC(C(=O)Nc3ccc(C)c(NS(C)(=O)=O)c3)CC2)cs1. The lowest BCUT2D eigenvalue weighted by molar-refractivity contribution is -0.121. The zero-order valence-corrected chi connectivity index (χ0v) is 18.0. The van der Waals surface area contributed by atoms with Gasteiger partial charge in [-0.05, 0) is 57.5 Å². The molecule has 0 spiro atoms. The molecule has 2 aromatic rings. The summed E-state index contributed by atoms with van der Waals surface area (Å²) in [6, 6.07) is 5.25. The van der Waals surface area contributed by atoms with Crippen LogP contribution in [0.1, 0.15) is 29.1 Å². The fourth-order valence-corrected chi connectivity index (χ4v) is 4.54. The van der Waals surface area contributed by atoms with Gasteiger partial charge in [0.2, 0.25) is 15.9 Å². The molecule has 0 radical (unpaired) electrons. The third-order valence-electron chi connectivity index (χ3n) is 4.81. The highest BCUT2D eigenvalue weighted by Crippen LogP contribution is 2.24. The summed E-state index contributed by atoms with van der Waals surface area (Å²) in [5.41, 5.74) is 2.97. The highest BCUT2D eigenvalue weighted by atomic mass is 32.2. The maximum Gasteiger partial charge on any atom is 0.229 e. The van der Waals surface area contributed by atoms with Crippen LogP contribution < -0.4 is 10.0 Å². The molecule has 0 atom stereocenters. The van der Waals surface area contributed by atoms with Crippen molar-refractivity contribution >= 4 is 38.6 Å². The van der Waals surface area contributed by atoms with Crippen molar-refractivity contribution in [3.63, 3.8) is 0 Å². The molecule has 0 saturated carbocycles. The van der Waals surface area contributed by atoms with Crippen LogP contribution in [0.3, 0.4) is 0 Å². The minimum absolute atomic E-state index is 0.0155. The molecule has 1 amide bonds. The van der Waals surface area contributed by atoms with E-state index in [9.17, 15) is 13.2 Å². The molecular weight excluding hydrogens is 396 g/mol. The number of hydrogen-bond donors (Lipinski definition) is 2. The number of rotatable bonds is 6. The van der Waals surface area contributed by atoms with Gasteiger partial charge in [-0.1, -0.05) is 6.07 Å². The van der Waals surface area contributed by atoms with Crippen molar-refractivity contribution in [2.75, 3.05) is 29.4 Å². The van der Waals surface area contributed by atoms with Crippen molar-refractivity contribution < 1.29 is 13.2 Å². The van der Waals surface area contributed by atoms with E-state index in [4.69, 9.17) is 0 Å². The monoisotopic (exact) mass is 422 g/mol. The average molecular weight is 423 g/mol. The number of nitrogens with one attached hydrogen (secondary N) is 2. The molecule has 3 rings (SSSR count). The molecule has 1 aliphatic rings. The molecular formula is C19H26N4O3S2. The van der Waals surface area contributed by atoms with E-state index in [1.165, 1.54) is 0 Å². The Hall–Kier alpha value is -1.97.